The Bertz CT molecular complexity index is 597. The molecule has 1 aliphatic carbocycles. The summed E-state index contributed by atoms with van der Waals surface area (Å²) >= 11 is 0. The molecule has 0 saturated carbocycles. The molecule has 0 bridgehead atoms. The van der Waals surface area contributed by atoms with Crippen LogP contribution < -0.4 is 10.5 Å². The van der Waals surface area contributed by atoms with E-state index in [-0.39, 0.29) is 6.03 Å². The molecule has 2 aliphatic rings. The Labute approximate surface area is 118 Å². The third-order valence-corrected chi connectivity index (χ3v) is 4.46. The van der Waals surface area contributed by atoms with Crippen molar-refractivity contribution in [2.24, 2.45) is 10.7 Å². The van der Waals surface area contributed by atoms with Gasteiger partial charge in [0, 0.05) is 13.0 Å². The Morgan fingerprint density at radius 1 is 1.45 bits per heavy atom. The molecule has 0 aromatic heterocycles. The molecule has 1 aromatic rings. The van der Waals surface area contributed by atoms with Gasteiger partial charge in [0.2, 0.25) is 0 Å². The number of nitrogens with two attached hydrogens (primary N) is 1. The lowest BCUT2D eigenvalue weighted by atomic mass is 9.76. The number of aryl methyl sites for hydroxylation is 1. The number of nitrogens with zero attached hydrogens (tertiary/aromatic N) is 2. The highest BCUT2D eigenvalue weighted by Crippen LogP contribution is 2.38. The van der Waals surface area contributed by atoms with Crippen LogP contribution >= 0.6 is 0 Å². The number of amidine groups is 1. The van der Waals surface area contributed by atoms with Crippen LogP contribution in [0.5, 0.6) is 5.75 Å². The van der Waals surface area contributed by atoms with Crippen LogP contribution in [0, 0.1) is 0 Å². The number of likely N-dealkylation sites (N-methyl/N-ethyl adjacent to an activating group) is 1. The lowest BCUT2D eigenvalue weighted by molar-refractivity contribution is 0.165. The number of fused-ring (bicyclic) bond motifs is 1. The molecule has 0 radical (unpaired) electrons. The summed E-state index contributed by atoms with van der Waals surface area (Å²) in [6, 6.07) is 5.91. The predicted molar refractivity (Wildman–Crippen MR) is 77.1 cm³/mol. The lowest BCUT2D eigenvalue weighted by Crippen LogP contribution is -2.57. The normalized spacial score (nSPS) is 24.8. The molecule has 2 N–H and O–H groups in total. The molecule has 5 nitrogen and oxygen atoms in total. The number of ether oxygens (including phenoxy) is 1. The van der Waals surface area contributed by atoms with Crippen molar-refractivity contribution in [3.8, 4) is 5.75 Å². The van der Waals surface area contributed by atoms with E-state index in [0.717, 1.165) is 18.6 Å². The maximum atomic E-state index is 12.0. The van der Waals surface area contributed by atoms with E-state index in [1.165, 1.54) is 11.1 Å². The van der Waals surface area contributed by atoms with E-state index in [0.29, 0.717) is 18.8 Å². The molecule has 5 heteroatoms. The molecule has 3 rings (SSSR count). The Morgan fingerprint density at radius 3 is 2.95 bits per heavy atom. The summed E-state index contributed by atoms with van der Waals surface area (Å²) in [4.78, 5) is 17.7. The van der Waals surface area contributed by atoms with Gasteiger partial charge in [-0.3, -0.25) is 0 Å². The van der Waals surface area contributed by atoms with Crippen molar-refractivity contribution in [1.82, 2.24) is 4.90 Å². The quantitative estimate of drug-likeness (QED) is 0.892. The Kier molecular flexibility index (Phi) is 2.92. The van der Waals surface area contributed by atoms with Crippen molar-refractivity contribution in [3.63, 3.8) is 0 Å². The molecule has 1 heterocycles. The maximum Gasteiger partial charge on any atom is 0.346 e. The highest BCUT2D eigenvalue weighted by molar-refractivity contribution is 6.06. The van der Waals surface area contributed by atoms with Gasteiger partial charge in [-0.2, -0.15) is 4.99 Å². The molecule has 1 aromatic carbocycles. The molecule has 1 spiro atoms. The molecule has 2 amide bonds. The zero-order valence-corrected chi connectivity index (χ0v) is 11.8. The largest absolute Gasteiger partial charge is 0.497 e. The first-order chi connectivity index (χ1) is 9.60. The third-order valence-electron chi connectivity index (χ3n) is 4.46. The minimum atomic E-state index is -0.439. The van der Waals surface area contributed by atoms with Crippen LogP contribution in [0.3, 0.4) is 0 Å². The summed E-state index contributed by atoms with van der Waals surface area (Å²) in [6.45, 7) is 2.59. The fraction of sp³-hybridized carbons (Fsp3) is 0.467. The fourth-order valence-electron chi connectivity index (χ4n) is 3.36. The number of rotatable bonds is 2. The van der Waals surface area contributed by atoms with Crippen LogP contribution in [-0.2, 0) is 12.8 Å². The molecular weight excluding hydrogens is 254 g/mol. The Morgan fingerprint density at radius 2 is 2.25 bits per heavy atom. The van der Waals surface area contributed by atoms with Gasteiger partial charge in [0.05, 0.1) is 7.11 Å². The first-order valence-electron chi connectivity index (χ1n) is 6.93. The summed E-state index contributed by atoms with van der Waals surface area (Å²) in [5, 5.41) is 0. The second-order valence-corrected chi connectivity index (χ2v) is 5.37. The topological polar surface area (TPSA) is 67.9 Å². The van der Waals surface area contributed by atoms with Gasteiger partial charge in [0.1, 0.15) is 17.1 Å². The highest BCUT2D eigenvalue weighted by atomic mass is 16.5. The van der Waals surface area contributed by atoms with Crippen molar-refractivity contribution in [2.75, 3.05) is 13.7 Å². The number of benzene rings is 1. The second kappa shape index (κ2) is 4.51. The van der Waals surface area contributed by atoms with Crippen molar-refractivity contribution < 1.29 is 9.53 Å². The summed E-state index contributed by atoms with van der Waals surface area (Å²) in [6.07, 6.45) is 2.45. The van der Waals surface area contributed by atoms with Gasteiger partial charge in [0.25, 0.3) is 0 Å². The van der Waals surface area contributed by atoms with Crippen LogP contribution in [0.2, 0.25) is 0 Å². The molecule has 1 unspecified atom stereocenters. The molecule has 0 fully saturated rings. The summed E-state index contributed by atoms with van der Waals surface area (Å²) in [7, 11) is 1.66. The van der Waals surface area contributed by atoms with E-state index in [2.05, 4.69) is 11.1 Å². The number of urea groups is 1. The molecule has 1 atom stereocenters. The van der Waals surface area contributed by atoms with Crippen molar-refractivity contribution in [2.45, 2.75) is 31.7 Å². The number of methoxy groups -OCH3 is 1. The third kappa shape index (κ3) is 1.69. The highest BCUT2D eigenvalue weighted by Gasteiger charge is 2.49. The SMILES string of the molecule is CCN1C(=O)N=C(N)C12CCc1ccc(OC)cc1C2. The molecule has 106 valence electrons. The van der Waals surface area contributed by atoms with Crippen molar-refractivity contribution in [1.29, 1.82) is 0 Å². The lowest BCUT2D eigenvalue weighted by Gasteiger charge is -2.41. The van der Waals surface area contributed by atoms with Gasteiger partial charge >= 0.3 is 6.03 Å². The zero-order valence-electron chi connectivity index (χ0n) is 11.8. The monoisotopic (exact) mass is 273 g/mol. The maximum absolute atomic E-state index is 12.0. The van der Waals surface area contributed by atoms with Crippen molar-refractivity contribution >= 4 is 11.9 Å². The van der Waals surface area contributed by atoms with E-state index in [1.54, 1.807) is 12.0 Å². The van der Waals surface area contributed by atoms with Crippen LogP contribution in [-0.4, -0.2) is 36.0 Å². The van der Waals surface area contributed by atoms with E-state index >= 15 is 0 Å². The molecule has 0 saturated heterocycles. The van der Waals surface area contributed by atoms with Crippen molar-refractivity contribution in [3.05, 3.63) is 29.3 Å². The minimum absolute atomic E-state index is 0.212. The predicted octanol–water partition coefficient (Wildman–Crippen LogP) is 1.74. The van der Waals surface area contributed by atoms with E-state index in [4.69, 9.17) is 10.5 Å². The zero-order chi connectivity index (χ0) is 14.3. The van der Waals surface area contributed by atoms with Crippen LogP contribution in [0.15, 0.2) is 23.2 Å². The van der Waals surface area contributed by atoms with Gasteiger partial charge in [0.15, 0.2) is 0 Å². The van der Waals surface area contributed by atoms with Gasteiger partial charge < -0.3 is 15.4 Å². The van der Waals surface area contributed by atoms with Gasteiger partial charge in [-0.25, -0.2) is 4.79 Å². The summed E-state index contributed by atoms with van der Waals surface area (Å²) in [5.41, 5.74) is 8.15. The summed E-state index contributed by atoms with van der Waals surface area (Å²) < 4.78 is 5.29. The number of carbonyl (C=O) groups excluding carboxylic acids is 1. The second-order valence-electron chi connectivity index (χ2n) is 5.37. The summed E-state index contributed by atoms with van der Waals surface area (Å²) in [5.74, 6) is 1.29. The van der Waals surface area contributed by atoms with E-state index in [1.807, 2.05) is 19.1 Å². The number of carbonyl (C=O) groups is 1. The van der Waals surface area contributed by atoms with E-state index < -0.39 is 5.54 Å². The number of hydrogen-bond acceptors (Lipinski definition) is 3. The van der Waals surface area contributed by atoms with E-state index in [9.17, 15) is 4.79 Å². The first-order valence-corrected chi connectivity index (χ1v) is 6.93. The molecular formula is C15H19N3O2. The standard InChI is InChI=1S/C15H19N3O2/c1-3-18-14(19)17-13(16)15(18)7-6-10-4-5-12(20-2)8-11(10)9-15/h4-5,8H,3,6-7,9H2,1-2H3,(H2,16,17,19). The average molecular weight is 273 g/mol. The smallest absolute Gasteiger partial charge is 0.346 e. The van der Waals surface area contributed by atoms with Gasteiger partial charge in [-0.15, -0.1) is 0 Å². The number of aliphatic imine (C=N–C) groups is 1. The molecule has 1 aliphatic heterocycles. The average Bonchev–Trinajstić information content (AvgIpc) is 2.68. The van der Waals surface area contributed by atoms with Crippen LogP contribution in [0.25, 0.3) is 0 Å². The van der Waals surface area contributed by atoms with Gasteiger partial charge in [-0.1, -0.05) is 6.07 Å². The number of amides is 2. The Balaban J connectivity index is 2.02. The van der Waals surface area contributed by atoms with Gasteiger partial charge in [-0.05, 0) is 43.0 Å². The van der Waals surface area contributed by atoms with Crippen LogP contribution in [0.1, 0.15) is 24.5 Å². The Hall–Kier alpha value is -2.04. The molecule has 20 heavy (non-hydrogen) atoms. The number of hydrogen-bond donors (Lipinski definition) is 1. The van der Waals surface area contributed by atoms with Crippen LogP contribution in [0.4, 0.5) is 4.79 Å². The minimum Gasteiger partial charge on any atom is -0.497 e. The fourth-order valence-corrected chi connectivity index (χ4v) is 3.36. The first kappa shape index (κ1) is 13.0.